The van der Waals surface area contributed by atoms with Crippen molar-refractivity contribution in [2.24, 2.45) is 5.92 Å². The molecule has 1 aromatic carbocycles. The number of benzene rings is 1. The summed E-state index contributed by atoms with van der Waals surface area (Å²) in [4.78, 5) is 12.3. The predicted molar refractivity (Wildman–Crippen MR) is 85.7 cm³/mol. The third kappa shape index (κ3) is 3.02. The summed E-state index contributed by atoms with van der Waals surface area (Å²) < 4.78 is 2.82. The van der Waals surface area contributed by atoms with Crippen molar-refractivity contribution in [2.45, 2.75) is 32.7 Å². The predicted octanol–water partition coefficient (Wildman–Crippen LogP) is 3.47. The highest BCUT2D eigenvalue weighted by Gasteiger charge is 2.29. The molecule has 1 aliphatic rings. The van der Waals surface area contributed by atoms with Crippen molar-refractivity contribution in [2.75, 3.05) is 0 Å². The number of carbonyl (C=O) groups is 1. The fraction of sp³-hybridized carbons (Fsp3) is 0.375. The van der Waals surface area contributed by atoms with Gasteiger partial charge in [-0.3, -0.25) is 4.79 Å². The average molecular weight is 348 g/mol. The van der Waals surface area contributed by atoms with Crippen LogP contribution in [-0.2, 0) is 0 Å². The summed E-state index contributed by atoms with van der Waals surface area (Å²) in [7, 11) is 0. The van der Waals surface area contributed by atoms with Gasteiger partial charge >= 0.3 is 0 Å². The zero-order chi connectivity index (χ0) is 15.0. The van der Waals surface area contributed by atoms with Gasteiger partial charge in [-0.1, -0.05) is 15.9 Å². The summed E-state index contributed by atoms with van der Waals surface area (Å²) in [6.45, 7) is 4.00. The van der Waals surface area contributed by atoms with Gasteiger partial charge in [-0.25, -0.2) is 4.68 Å². The van der Waals surface area contributed by atoms with E-state index in [9.17, 15) is 4.79 Å². The molecule has 1 aliphatic carbocycles. The smallest absolute Gasteiger partial charge is 0.254 e. The van der Waals surface area contributed by atoms with Crippen molar-refractivity contribution >= 4 is 21.8 Å². The summed E-state index contributed by atoms with van der Waals surface area (Å²) in [6.07, 6.45) is 4.09. The molecule has 0 bridgehead atoms. The maximum atomic E-state index is 12.3. The molecule has 1 amide bonds. The van der Waals surface area contributed by atoms with Gasteiger partial charge in [0.1, 0.15) is 0 Å². The Bertz CT molecular complexity index is 659. The van der Waals surface area contributed by atoms with Gasteiger partial charge in [0.25, 0.3) is 5.91 Å². The van der Waals surface area contributed by atoms with Crippen molar-refractivity contribution < 1.29 is 4.79 Å². The second-order valence-electron chi connectivity index (χ2n) is 5.63. The SMILES string of the molecule is Cc1c(C(=O)NC(C)C2CC2)cnn1-c1ccc(Br)cc1. The quantitative estimate of drug-likeness (QED) is 0.920. The van der Waals surface area contributed by atoms with Crippen LogP contribution in [0, 0.1) is 12.8 Å². The maximum Gasteiger partial charge on any atom is 0.254 e. The molecule has 0 aliphatic heterocycles. The number of hydrogen-bond acceptors (Lipinski definition) is 2. The summed E-state index contributed by atoms with van der Waals surface area (Å²) in [5, 5.41) is 7.42. The van der Waals surface area contributed by atoms with Crippen LogP contribution < -0.4 is 5.32 Å². The largest absolute Gasteiger partial charge is 0.349 e. The highest BCUT2D eigenvalue weighted by atomic mass is 79.9. The van der Waals surface area contributed by atoms with Crippen LogP contribution in [0.1, 0.15) is 35.8 Å². The third-order valence-electron chi connectivity index (χ3n) is 4.01. The van der Waals surface area contributed by atoms with Crippen LogP contribution in [0.2, 0.25) is 0 Å². The number of hydrogen-bond donors (Lipinski definition) is 1. The van der Waals surface area contributed by atoms with Crippen molar-refractivity contribution in [3.8, 4) is 5.69 Å². The summed E-state index contributed by atoms with van der Waals surface area (Å²) in [5.74, 6) is 0.617. The van der Waals surface area contributed by atoms with Gasteiger partial charge in [-0.2, -0.15) is 5.10 Å². The number of halogens is 1. The molecular formula is C16H18BrN3O. The first kappa shape index (κ1) is 14.3. The van der Waals surface area contributed by atoms with Crippen molar-refractivity contribution in [1.29, 1.82) is 0 Å². The monoisotopic (exact) mass is 347 g/mol. The van der Waals surface area contributed by atoms with E-state index in [1.165, 1.54) is 12.8 Å². The minimum absolute atomic E-state index is 0.0322. The van der Waals surface area contributed by atoms with Gasteiger partial charge in [0, 0.05) is 10.5 Å². The summed E-state index contributed by atoms with van der Waals surface area (Å²) in [5.41, 5.74) is 2.45. The van der Waals surface area contributed by atoms with Gasteiger partial charge in [-0.05, 0) is 56.9 Å². The maximum absolute atomic E-state index is 12.3. The molecule has 0 saturated heterocycles. The molecule has 0 radical (unpaired) electrons. The molecule has 0 spiro atoms. The van der Waals surface area contributed by atoms with Crippen LogP contribution in [0.4, 0.5) is 0 Å². The standard InChI is InChI=1S/C16H18BrN3O/c1-10(12-3-4-12)19-16(21)15-9-18-20(11(15)2)14-7-5-13(17)6-8-14/h5-10,12H,3-4H2,1-2H3,(H,19,21). The number of carbonyl (C=O) groups excluding carboxylic acids is 1. The highest BCUT2D eigenvalue weighted by Crippen LogP contribution is 2.32. The highest BCUT2D eigenvalue weighted by molar-refractivity contribution is 9.10. The number of nitrogens with one attached hydrogen (secondary N) is 1. The lowest BCUT2D eigenvalue weighted by atomic mass is 10.2. The Hall–Kier alpha value is -1.62. The fourth-order valence-corrected chi connectivity index (χ4v) is 2.74. The van der Waals surface area contributed by atoms with E-state index in [4.69, 9.17) is 0 Å². The van der Waals surface area contributed by atoms with Crippen LogP contribution in [0.3, 0.4) is 0 Å². The lowest BCUT2D eigenvalue weighted by Crippen LogP contribution is -2.34. The van der Waals surface area contributed by atoms with E-state index in [0.29, 0.717) is 11.5 Å². The van der Waals surface area contributed by atoms with Crippen LogP contribution in [0.5, 0.6) is 0 Å². The van der Waals surface area contributed by atoms with E-state index in [-0.39, 0.29) is 11.9 Å². The third-order valence-corrected chi connectivity index (χ3v) is 4.54. The summed E-state index contributed by atoms with van der Waals surface area (Å²) in [6, 6.07) is 8.11. The molecule has 1 heterocycles. The molecule has 1 N–H and O–H groups in total. The topological polar surface area (TPSA) is 46.9 Å². The van der Waals surface area contributed by atoms with Crippen molar-refractivity contribution in [3.63, 3.8) is 0 Å². The minimum Gasteiger partial charge on any atom is -0.349 e. The molecule has 1 saturated carbocycles. The molecule has 21 heavy (non-hydrogen) atoms. The Morgan fingerprint density at radius 2 is 2.05 bits per heavy atom. The molecule has 1 fully saturated rings. The zero-order valence-electron chi connectivity index (χ0n) is 12.1. The Morgan fingerprint density at radius 1 is 1.38 bits per heavy atom. The Kier molecular flexibility index (Phi) is 3.85. The number of rotatable bonds is 4. The second kappa shape index (κ2) is 5.64. The first-order chi connectivity index (χ1) is 10.1. The number of amides is 1. The van der Waals surface area contributed by atoms with Gasteiger partial charge in [0.15, 0.2) is 0 Å². The molecule has 5 heteroatoms. The van der Waals surface area contributed by atoms with E-state index in [1.54, 1.807) is 10.9 Å². The van der Waals surface area contributed by atoms with E-state index in [0.717, 1.165) is 15.9 Å². The number of aromatic nitrogens is 2. The average Bonchev–Trinajstić information content (AvgIpc) is 3.23. The van der Waals surface area contributed by atoms with Gasteiger partial charge in [0.05, 0.1) is 23.1 Å². The Morgan fingerprint density at radius 3 is 2.67 bits per heavy atom. The van der Waals surface area contributed by atoms with Gasteiger partial charge in [0.2, 0.25) is 0 Å². The second-order valence-corrected chi connectivity index (χ2v) is 6.55. The number of nitrogens with zero attached hydrogens (tertiary/aromatic N) is 2. The molecule has 4 nitrogen and oxygen atoms in total. The summed E-state index contributed by atoms with van der Waals surface area (Å²) >= 11 is 3.42. The van der Waals surface area contributed by atoms with Crippen LogP contribution in [0.15, 0.2) is 34.9 Å². The van der Waals surface area contributed by atoms with Crippen molar-refractivity contribution in [1.82, 2.24) is 15.1 Å². The molecule has 1 atom stereocenters. The van der Waals surface area contributed by atoms with Gasteiger partial charge < -0.3 is 5.32 Å². The first-order valence-electron chi connectivity index (χ1n) is 7.17. The molecule has 3 rings (SSSR count). The molecule has 1 aromatic heterocycles. The molecule has 1 unspecified atom stereocenters. The normalized spacial score (nSPS) is 15.8. The lowest BCUT2D eigenvalue weighted by Gasteiger charge is -2.12. The zero-order valence-corrected chi connectivity index (χ0v) is 13.7. The fourth-order valence-electron chi connectivity index (χ4n) is 2.47. The minimum atomic E-state index is -0.0322. The van der Waals surface area contributed by atoms with E-state index >= 15 is 0 Å². The van der Waals surface area contributed by atoms with Gasteiger partial charge in [-0.15, -0.1) is 0 Å². The van der Waals surface area contributed by atoms with Crippen LogP contribution >= 0.6 is 15.9 Å². The van der Waals surface area contributed by atoms with Crippen LogP contribution in [0.25, 0.3) is 5.69 Å². The first-order valence-corrected chi connectivity index (χ1v) is 7.97. The Balaban J connectivity index is 1.81. The molecule has 2 aromatic rings. The van der Waals surface area contributed by atoms with E-state index < -0.39 is 0 Å². The lowest BCUT2D eigenvalue weighted by molar-refractivity contribution is 0.0935. The van der Waals surface area contributed by atoms with E-state index in [1.807, 2.05) is 31.2 Å². The molecule has 110 valence electrons. The van der Waals surface area contributed by atoms with Crippen molar-refractivity contribution in [3.05, 3.63) is 46.2 Å². The van der Waals surface area contributed by atoms with E-state index in [2.05, 4.69) is 33.3 Å². The molecular weight excluding hydrogens is 330 g/mol. The Labute approximate surface area is 132 Å². The van der Waals surface area contributed by atoms with Crippen LogP contribution in [-0.4, -0.2) is 21.7 Å².